The number of benzene rings is 3. The number of hydrogen-bond acceptors (Lipinski definition) is 22. The molecule has 2 N–H and O–H groups in total. The number of hydrogen-bond donors (Lipinski definition) is 1. The van der Waals surface area contributed by atoms with Gasteiger partial charge in [-0.15, -0.1) is 0 Å². The molecule has 60 heavy (non-hydrogen) atoms. The molecule has 6 rings (SSSR count). The monoisotopic (exact) mass is 909 g/mol. The lowest BCUT2D eigenvalue weighted by Crippen LogP contribution is -2.41. The van der Waals surface area contributed by atoms with E-state index in [0.29, 0.717) is 11.1 Å². The summed E-state index contributed by atoms with van der Waals surface area (Å²) in [6, 6.07) is 24.0. The van der Waals surface area contributed by atoms with E-state index < -0.39 is 81.0 Å². The van der Waals surface area contributed by atoms with Gasteiger partial charge in [-0.2, -0.15) is 0 Å². The van der Waals surface area contributed by atoms with Crippen molar-refractivity contribution in [3.8, 4) is 0 Å². The van der Waals surface area contributed by atoms with E-state index in [1.165, 1.54) is 35.2 Å². The van der Waals surface area contributed by atoms with Crippen molar-refractivity contribution in [1.29, 1.82) is 0 Å². The number of aromatic nitrogens is 4. The number of anilines is 1. The number of imidazole rings is 1. The molecule has 5 aromatic rings. The number of phosphoric ester groups is 2. The minimum atomic E-state index is -6.59. The summed E-state index contributed by atoms with van der Waals surface area (Å²) >= 11 is 0. The predicted molar refractivity (Wildman–Crippen MR) is 195 cm³/mol. The van der Waals surface area contributed by atoms with Crippen LogP contribution >= 0.6 is 31.3 Å². The number of nitrogen functional groups attached to an aromatic ring is 1. The van der Waals surface area contributed by atoms with Gasteiger partial charge in [-0.1, -0.05) is 91.0 Å². The van der Waals surface area contributed by atoms with Crippen LogP contribution in [0, 0.1) is 0 Å². The quantitative estimate of drug-likeness (QED) is 0.0911. The maximum absolute atomic E-state index is 13.4. The van der Waals surface area contributed by atoms with Crippen molar-refractivity contribution in [2.45, 2.75) is 44.0 Å². The first kappa shape index (κ1) is 45.0. The Labute approximate surface area is 339 Å². The van der Waals surface area contributed by atoms with Crippen molar-refractivity contribution in [3.05, 3.63) is 120 Å². The molecule has 0 aliphatic carbocycles. The van der Waals surface area contributed by atoms with Gasteiger partial charge in [-0.3, -0.25) is 32.4 Å². The van der Waals surface area contributed by atoms with Crippen molar-refractivity contribution in [1.82, 2.24) is 19.5 Å². The molecule has 3 aromatic carbocycles. The SMILES string of the molecule is Nc1ncnc2c1ncn2[C@@H]1O[C@H](COP(=O)([O-])OP(=O)([O-])OP(=O)([O-])OP(=O)([O-])OCc2ccccc2)[C@H](OC(=O)Cc2ccccc2)C1OC(=O)Cc1ccccc1. The minimum Gasteiger partial charge on any atom is -0.756 e. The third-order valence-corrected chi connectivity index (χ3v) is 13.8. The fourth-order valence-corrected chi connectivity index (χ4v) is 10.4. The van der Waals surface area contributed by atoms with Gasteiger partial charge < -0.3 is 48.6 Å². The highest BCUT2D eigenvalue weighted by Gasteiger charge is 2.51. The summed E-state index contributed by atoms with van der Waals surface area (Å²) in [6.07, 6.45) is -4.92. The Bertz CT molecular complexity index is 2480. The molecule has 1 saturated heterocycles. The lowest BCUT2D eigenvalue weighted by molar-refractivity contribution is -0.255. The number of ether oxygens (including phenoxy) is 3. The zero-order valence-electron chi connectivity index (χ0n) is 30.5. The fraction of sp³-hybridized carbons (Fsp3) is 0.242. The Balaban J connectivity index is 1.21. The number of phosphoric acid groups is 4. The van der Waals surface area contributed by atoms with E-state index in [9.17, 15) is 47.4 Å². The summed E-state index contributed by atoms with van der Waals surface area (Å²) in [7, 11) is -25.1. The van der Waals surface area contributed by atoms with Crippen LogP contribution in [-0.4, -0.2) is 56.4 Å². The van der Waals surface area contributed by atoms with Crippen LogP contribution in [-0.2, 0) is 83.5 Å². The first-order valence-corrected chi connectivity index (χ1v) is 23.0. The van der Waals surface area contributed by atoms with E-state index in [-0.39, 0.29) is 35.4 Å². The Morgan fingerprint density at radius 1 is 0.650 bits per heavy atom. The Morgan fingerprint density at radius 3 is 1.68 bits per heavy atom. The Kier molecular flexibility index (Phi) is 14.3. The van der Waals surface area contributed by atoms with Crippen molar-refractivity contribution >= 4 is 60.2 Å². The molecule has 1 aliphatic heterocycles. The van der Waals surface area contributed by atoms with E-state index in [1.54, 1.807) is 66.7 Å². The topological polar surface area (TPSA) is 338 Å². The average molecular weight is 910 g/mol. The maximum atomic E-state index is 13.4. The van der Waals surface area contributed by atoms with Crippen molar-refractivity contribution in [2.75, 3.05) is 12.3 Å². The second kappa shape index (κ2) is 19.0. The van der Waals surface area contributed by atoms with Crippen molar-refractivity contribution in [2.24, 2.45) is 0 Å². The molecular formula is C33H31N5O18P4-4. The highest BCUT2D eigenvalue weighted by molar-refractivity contribution is 7.68. The molecule has 0 spiro atoms. The number of carbonyl (C=O) groups excluding carboxylic acids is 2. The highest BCUT2D eigenvalue weighted by atomic mass is 31.3. The summed E-state index contributed by atoms with van der Waals surface area (Å²) < 4.78 is 88.8. The predicted octanol–water partition coefficient (Wildman–Crippen LogP) is 1.77. The van der Waals surface area contributed by atoms with Gasteiger partial charge in [-0.05, 0) is 16.7 Å². The molecular weight excluding hydrogens is 878 g/mol. The van der Waals surface area contributed by atoms with E-state index >= 15 is 0 Å². The first-order valence-electron chi connectivity index (χ1n) is 17.1. The molecule has 0 amide bonds. The smallest absolute Gasteiger partial charge is 0.310 e. The number of carbonyl (C=O) groups is 2. The number of fused-ring (bicyclic) bond motifs is 1. The first-order chi connectivity index (χ1) is 28.4. The summed E-state index contributed by atoms with van der Waals surface area (Å²) in [6.45, 7) is -1.97. The lowest BCUT2D eigenvalue weighted by Gasteiger charge is -2.36. The van der Waals surface area contributed by atoms with Crippen LogP contribution in [0.3, 0.4) is 0 Å². The van der Waals surface area contributed by atoms with Gasteiger partial charge in [0.2, 0.25) is 0 Å². The second-order valence-electron chi connectivity index (χ2n) is 12.5. The van der Waals surface area contributed by atoms with Crippen LogP contribution in [0.4, 0.5) is 5.82 Å². The van der Waals surface area contributed by atoms with Gasteiger partial charge in [0.15, 0.2) is 29.9 Å². The summed E-state index contributed by atoms with van der Waals surface area (Å²) in [4.78, 5) is 88.5. The molecule has 1 fully saturated rings. The van der Waals surface area contributed by atoms with Gasteiger partial charge in [0.1, 0.15) is 17.9 Å². The molecule has 1 aliphatic rings. The lowest BCUT2D eigenvalue weighted by atomic mass is 10.1. The van der Waals surface area contributed by atoms with Gasteiger partial charge in [0, 0.05) is 0 Å². The summed E-state index contributed by atoms with van der Waals surface area (Å²) in [5, 5.41) is 0. The van der Waals surface area contributed by atoms with Crippen LogP contribution in [0.15, 0.2) is 104 Å². The average Bonchev–Trinajstić information content (AvgIpc) is 3.74. The largest absolute Gasteiger partial charge is 0.756 e. The molecule has 3 heterocycles. The van der Waals surface area contributed by atoms with Crippen LogP contribution in [0.5, 0.6) is 0 Å². The standard InChI is InChI=1S/C33H35N5O18P4/c34-31-28-32(36-20-35-31)38(21-37-28)33-30(53-27(40)17-23-12-6-2-7-13-23)29(52-26(39)16-22-10-4-1-5-11-22)25(51-33)19-50-58(43,44)55-60(47,48)56-59(45,46)54-57(41,42)49-18-24-14-8-3-9-15-24/h1-15,20-21,25,29-30,33H,16-19H2,(H,41,42)(H,43,44)(H,45,46)(H,47,48)(H2,34,35,36)/p-4/t25-,29+,30?,33-/m1/s1. The van der Waals surface area contributed by atoms with Gasteiger partial charge in [-0.25, -0.2) is 27.9 Å². The third kappa shape index (κ3) is 12.5. The molecule has 8 atom stereocenters. The summed E-state index contributed by atoms with van der Waals surface area (Å²) in [5.74, 6) is -1.83. The Hall–Kier alpha value is -4.53. The van der Waals surface area contributed by atoms with E-state index in [0.717, 1.165) is 6.33 Å². The van der Waals surface area contributed by atoms with Crippen LogP contribution in [0.1, 0.15) is 22.9 Å². The van der Waals surface area contributed by atoms with Gasteiger partial charge >= 0.3 is 11.9 Å². The number of nitrogens with two attached hydrogens (primary N) is 1. The molecule has 5 unspecified atom stereocenters. The summed E-state index contributed by atoms with van der Waals surface area (Å²) in [5.41, 5.74) is 7.34. The van der Waals surface area contributed by atoms with Gasteiger partial charge in [0.25, 0.3) is 31.3 Å². The normalized spacial score (nSPS) is 21.9. The van der Waals surface area contributed by atoms with Crippen molar-refractivity contribution in [3.63, 3.8) is 0 Å². The van der Waals surface area contributed by atoms with Crippen LogP contribution in [0.2, 0.25) is 0 Å². The second-order valence-corrected chi connectivity index (χ2v) is 18.5. The molecule has 27 heteroatoms. The molecule has 23 nitrogen and oxygen atoms in total. The van der Waals surface area contributed by atoms with Gasteiger partial charge in [0.05, 0.1) is 32.4 Å². The van der Waals surface area contributed by atoms with E-state index in [2.05, 4.69) is 32.4 Å². The molecule has 320 valence electrons. The number of nitrogens with zero attached hydrogens (tertiary/aromatic N) is 4. The van der Waals surface area contributed by atoms with Crippen molar-refractivity contribution < 1.29 is 83.6 Å². The van der Waals surface area contributed by atoms with Crippen LogP contribution < -0.4 is 25.3 Å². The highest BCUT2D eigenvalue weighted by Crippen LogP contribution is 2.67. The maximum Gasteiger partial charge on any atom is 0.310 e. The third-order valence-electron chi connectivity index (χ3n) is 8.09. The molecule has 0 radical (unpaired) electrons. The zero-order chi connectivity index (χ0) is 43.1. The molecule has 0 saturated carbocycles. The molecule has 0 bridgehead atoms. The Morgan fingerprint density at radius 2 is 1.13 bits per heavy atom. The zero-order valence-corrected chi connectivity index (χ0v) is 34.0. The minimum absolute atomic E-state index is 0.0344. The number of rotatable bonds is 19. The molecule has 2 aromatic heterocycles. The van der Waals surface area contributed by atoms with E-state index in [1.807, 2.05) is 0 Å². The number of esters is 2. The van der Waals surface area contributed by atoms with Crippen LogP contribution in [0.25, 0.3) is 11.2 Å². The van der Waals surface area contributed by atoms with E-state index in [4.69, 9.17) is 24.5 Å². The fourth-order valence-electron chi connectivity index (χ4n) is 5.64.